The number of Topliss-reactive ketones (excluding diaryl/α,β-unsaturated/α-hetero) is 1. The number of aromatic nitrogens is 1. The van der Waals surface area contributed by atoms with Crippen LogP contribution in [0.5, 0.6) is 0 Å². The lowest BCUT2D eigenvalue weighted by Crippen LogP contribution is -2.11. The van der Waals surface area contributed by atoms with E-state index < -0.39 is 25.9 Å². The number of aliphatic hydroxyl groups is 4. The molecule has 0 spiro atoms. The number of carboxylic acids is 1. The number of carboxylic acid groups (broad SMARTS) is 1. The summed E-state index contributed by atoms with van der Waals surface area (Å²) >= 11 is 0. The van der Waals surface area contributed by atoms with E-state index in [1.165, 1.54) is 6.21 Å². The second-order valence-electron chi connectivity index (χ2n) is 6.76. The highest BCUT2D eigenvalue weighted by Gasteiger charge is 2.37. The highest BCUT2D eigenvalue weighted by atomic mass is 16.4. The van der Waals surface area contributed by atoms with Gasteiger partial charge in [0.1, 0.15) is 12.4 Å². The normalized spacial score (nSPS) is 13.9. The van der Waals surface area contributed by atoms with Gasteiger partial charge in [-0.3, -0.25) is 9.79 Å². The summed E-state index contributed by atoms with van der Waals surface area (Å²) in [5.74, 6) is -1.91. The third-order valence-electron chi connectivity index (χ3n) is 5.02. The maximum absolute atomic E-state index is 13.0. The van der Waals surface area contributed by atoms with Gasteiger partial charge in [0.15, 0.2) is 5.78 Å². The lowest BCUT2D eigenvalue weighted by molar-refractivity contribution is 0.0686. The van der Waals surface area contributed by atoms with E-state index in [0.717, 1.165) is 0 Å². The molecule has 3 rings (SSSR count). The Morgan fingerprint density at radius 3 is 2.28 bits per heavy atom. The number of carbonyl (C=O) groups is 2. The van der Waals surface area contributed by atoms with Gasteiger partial charge in [0.2, 0.25) is 0 Å². The number of nitrogens with zero attached hydrogens (tertiary/aromatic N) is 1. The second-order valence-corrected chi connectivity index (χ2v) is 6.76. The topological polar surface area (TPSA) is 163 Å². The van der Waals surface area contributed by atoms with Crippen molar-refractivity contribution in [3.63, 3.8) is 0 Å². The van der Waals surface area contributed by atoms with Crippen LogP contribution in [0.15, 0.2) is 17.1 Å². The van der Waals surface area contributed by atoms with Crippen LogP contribution in [0.1, 0.15) is 56.1 Å². The number of hydrogen-bond donors (Lipinski definition) is 6. The Morgan fingerprint density at radius 2 is 1.76 bits per heavy atom. The van der Waals surface area contributed by atoms with Crippen molar-refractivity contribution in [2.45, 2.75) is 32.7 Å². The Hall–Kier alpha value is -2.85. The number of aromatic carboxylic acids is 1. The monoisotopic (exact) mass is 402 g/mol. The molecule has 6 N–H and O–H groups in total. The Balaban J connectivity index is 2.37. The van der Waals surface area contributed by atoms with Crippen molar-refractivity contribution in [1.82, 2.24) is 4.98 Å². The molecule has 1 aromatic carbocycles. The van der Waals surface area contributed by atoms with Crippen LogP contribution in [0.2, 0.25) is 0 Å². The predicted molar refractivity (Wildman–Crippen MR) is 103 cm³/mol. The molecule has 9 heteroatoms. The van der Waals surface area contributed by atoms with Crippen LogP contribution < -0.4 is 0 Å². The zero-order valence-corrected chi connectivity index (χ0v) is 15.6. The van der Waals surface area contributed by atoms with E-state index in [1.54, 1.807) is 12.1 Å². The molecule has 1 aromatic heterocycles. The summed E-state index contributed by atoms with van der Waals surface area (Å²) in [5.41, 5.74) is 1.46. The van der Waals surface area contributed by atoms with Crippen LogP contribution in [-0.2, 0) is 19.8 Å². The van der Waals surface area contributed by atoms with E-state index in [4.69, 9.17) is 5.11 Å². The second kappa shape index (κ2) is 8.66. The summed E-state index contributed by atoms with van der Waals surface area (Å²) in [6, 6.07) is 3.11. The number of carbonyl (C=O) groups excluding carboxylic acids is 1. The first-order chi connectivity index (χ1) is 14.0. The molecular weight excluding hydrogens is 380 g/mol. The smallest absolute Gasteiger partial charge is 0.353 e. The minimum Gasteiger partial charge on any atom is -0.477 e. The van der Waals surface area contributed by atoms with Crippen molar-refractivity contribution >= 4 is 18.0 Å². The molecule has 0 atom stereocenters. The number of rotatable bonds is 9. The molecule has 1 aliphatic rings. The highest BCUT2D eigenvalue weighted by Crippen LogP contribution is 2.40. The molecule has 0 aliphatic heterocycles. The maximum Gasteiger partial charge on any atom is 0.353 e. The number of H-pyrrole nitrogens is 1. The fraction of sp³-hybridized carbons (Fsp3) is 0.350. The molecule has 154 valence electrons. The van der Waals surface area contributed by atoms with E-state index in [2.05, 4.69) is 9.98 Å². The van der Waals surface area contributed by atoms with Gasteiger partial charge >= 0.3 is 5.97 Å². The SMILES string of the molecule is O=C(O)c1[nH]c(C=NCO)c(-c2ccc(CO)c(CO)c2CO)c1C(=O)C1CC1. The minimum atomic E-state index is -1.32. The third-order valence-corrected chi connectivity index (χ3v) is 5.02. The molecule has 0 saturated heterocycles. The van der Waals surface area contributed by atoms with Crippen molar-refractivity contribution in [1.29, 1.82) is 0 Å². The number of aromatic amines is 1. The molecule has 1 fully saturated rings. The summed E-state index contributed by atoms with van der Waals surface area (Å²) in [5, 5.41) is 47.9. The molecular formula is C20H22N2O7. The van der Waals surface area contributed by atoms with Crippen molar-refractivity contribution < 1.29 is 35.1 Å². The lowest BCUT2D eigenvalue weighted by atomic mass is 9.88. The Bertz CT molecular complexity index is 974. The Labute approximate surface area is 166 Å². The molecule has 0 amide bonds. The van der Waals surface area contributed by atoms with Crippen LogP contribution in [0.3, 0.4) is 0 Å². The van der Waals surface area contributed by atoms with Gasteiger partial charge in [-0.2, -0.15) is 0 Å². The van der Waals surface area contributed by atoms with Gasteiger partial charge in [-0.25, -0.2) is 4.79 Å². The quantitative estimate of drug-likeness (QED) is 0.267. The zero-order valence-electron chi connectivity index (χ0n) is 15.6. The zero-order chi connectivity index (χ0) is 21.1. The average Bonchev–Trinajstić information content (AvgIpc) is 3.50. The first kappa shape index (κ1) is 20.9. The average molecular weight is 402 g/mol. The number of hydrogen-bond acceptors (Lipinski definition) is 7. The van der Waals surface area contributed by atoms with Crippen LogP contribution in [0.25, 0.3) is 11.1 Å². The van der Waals surface area contributed by atoms with Gasteiger partial charge in [-0.05, 0) is 35.1 Å². The Morgan fingerprint density at radius 1 is 1.07 bits per heavy atom. The summed E-state index contributed by atoms with van der Waals surface area (Å²) in [6.45, 7) is -1.85. The number of ketones is 1. The standard InChI is InChI=1S/C20H22N2O7/c23-6-11-3-4-12(14(8-25)13(11)7-24)16-15(5-21-9-26)22-18(20(28)29)17(16)19(27)10-1-2-10/h3-5,10,22-26H,1-2,6-9H2,(H,28,29). The lowest BCUT2D eigenvalue weighted by Gasteiger charge is -2.16. The van der Waals surface area contributed by atoms with Gasteiger partial charge in [-0.15, -0.1) is 0 Å². The number of nitrogens with one attached hydrogen (secondary N) is 1. The molecule has 1 saturated carbocycles. The van der Waals surface area contributed by atoms with Gasteiger partial charge < -0.3 is 30.5 Å². The van der Waals surface area contributed by atoms with Crippen LogP contribution >= 0.6 is 0 Å². The summed E-state index contributed by atoms with van der Waals surface area (Å²) in [6.07, 6.45) is 2.56. The molecule has 9 nitrogen and oxygen atoms in total. The van der Waals surface area contributed by atoms with E-state index in [1.807, 2.05) is 0 Å². The Kier molecular flexibility index (Phi) is 6.23. The fourth-order valence-corrected chi connectivity index (χ4v) is 3.49. The first-order valence-corrected chi connectivity index (χ1v) is 9.09. The molecule has 0 unspecified atom stereocenters. The van der Waals surface area contributed by atoms with E-state index >= 15 is 0 Å². The highest BCUT2D eigenvalue weighted by molar-refractivity contribution is 6.14. The van der Waals surface area contributed by atoms with Crippen LogP contribution in [0.4, 0.5) is 0 Å². The van der Waals surface area contributed by atoms with Crippen molar-refractivity contribution in [3.05, 3.63) is 45.8 Å². The van der Waals surface area contributed by atoms with Gasteiger partial charge in [0.25, 0.3) is 0 Å². The molecule has 29 heavy (non-hydrogen) atoms. The van der Waals surface area contributed by atoms with Crippen LogP contribution in [-0.4, -0.2) is 55.2 Å². The number of aliphatic imine (C=N–C) groups is 1. The fourth-order valence-electron chi connectivity index (χ4n) is 3.49. The van der Waals surface area contributed by atoms with Crippen molar-refractivity contribution in [3.8, 4) is 11.1 Å². The van der Waals surface area contributed by atoms with E-state index in [0.29, 0.717) is 29.5 Å². The van der Waals surface area contributed by atoms with E-state index in [9.17, 15) is 30.0 Å². The van der Waals surface area contributed by atoms with Gasteiger partial charge in [0, 0.05) is 17.7 Å². The summed E-state index contributed by atoms with van der Waals surface area (Å²) < 4.78 is 0. The molecule has 1 aliphatic carbocycles. The first-order valence-electron chi connectivity index (χ1n) is 9.09. The van der Waals surface area contributed by atoms with Crippen molar-refractivity contribution in [2.75, 3.05) is 6.73 Å². The summed E-state index contributed by atoms with van der Waals surface area (Å²) in [4.78, 5) is 31.2. The third kappa shape index (κ3) is 3.85. The van der Waals surface area contributed by atoms with Gasteiger partial charge in [-0.1, -0.05) is 12.1 Å². The maximum atomic E-state index is 13.0. The molecule has 1 heterocycles. The predicted octanol–water partition coefficient (Wildman–Crippen LogP) is 0.818. The van der Waals surface area contributed by atoms with Crippen LogP contribution in [0, 0.1) is 5.92 Å². The molecule has 0 radical (unpaired) electrons. The molecule has 2 aromatic rings. The summed E-state index contributed by atoms with van der Waals surface area (Å²) in [7, 11) is 0. The van der Waals surface area contributed by atoms with Crippen molar-refractivity contribution in [2.24, 2.45) is 10.9 Å². The number of benzene rings is 1. The van der Waals surface area contributed by atoms with E-state index in [-0.39, 0.29) is 46.4 Å². The van der Waals surface area contributed by atoms with Gasteiger partial charge in [0.05, 0.1) is 31.1 Å². The molecule has 0 bridgehead atoms. The largest absolute Gasteiger partial charge is 0.477 e. The minimum absolute atomic E-state index is 0.0188. The number of aliphatic hydroxyl groups excluding tert-OH is 4.